The van der Waals surface area contributed by atoms with Gasteiger partial charge in [0, 0.05) is 68.5 Å². The fourth-order valence-electron chi connectivity index (χ4n) is 8.04. The van der Waals surface area contributed by atoms with Crippen molar-refractivity contribution in [1.29, 1.82) is 0 Å². The smallest absolute Gasteiger partial charge is 0.340 e. The van der Waals surface area contributed by atoms with Gasteiger partial charge in [-0.25, -0.2) is 4.79 Å². The molecule has 0 spiro atoms. The monoisotopic (exact) mass is 1110 g/mol. The Balaban J connectivity index is 1.51. The largest absolute Gasteiger partial charge is 0.494 e. The first kappa shape index (κ1) is 47.6. The van der Waals surface area contributed by atoms with Crippen LogP contribution in [0.25, 0.3) is 11.1 Å². The van der Waals surface area contributed by atoms with Crippen LogP contribution >= 0.6 is 63.7 Å². The lowest BCUT2D eigenvalue weighted by Crippen LogP contribution is -2.25. The summed E-state index contributed by atoms with van der Waals surface area (Å²) in [6.07, 6.45) is 8.70. The highest BCUT2D eigenvalue weighted by atomic mass is 79.9. The third-order valence-corrected chi connectivity index (χ3v) is 16.2. The van der Waals surface area contributed by atoms with Gasteiger partial charge in [-0.1, -0.05) is 115 Å². The normalized spacial score (nSPS) is 17.7. The van der Waals surface area contributed by atoms with Crippen molar-refractivity contribution in [3.05, 3.63) is 184 Å². The second kappa shape index (κ2) is 21.3. The molecule has 1 aliphatic carbocycles. The van der Waals surface area contributed by atoms with Gasteiger partial charge in [0.05, 0.1) is 18.8 Å². The summed E-state index contributed by atoms with van der Waals surface area (Å²) in [6.45, 7) is 5.68. The van der Waals surface area contributed by atoms with Crippen LogP contribution in [-0.4, -0.2) is 47.4 Å². The average molecular weight is 1110 g/mol. The van der Waals surface area contributed by atoms with Gasteiger partial charge in [-0.15, -0.1) is 0 Å². The Kier molecular flexibility index (Phi) is 15.8. The van der Waals surface area contributed by atoms with Gasteiger partial charge in [0.2, 0.25) is 0 Å². The highest BCUT2D eigenvalue weighted by molar-refractivity contribution is 9.16. The fourth-order valence-corrected chi connectivity index (χ4v) is 10.6. The van der Waals surface area contributed by atoms with Gasteiger partial charge < -0.3 is 24.0 Å². The van der Waals surface area contributed by atoms with Crippen LogP contribution in [0.15, 0.2) is 151 Å². The lowest BCUT2D eigenvalue weighted by Gasteiger charge is -2.37. The van der Waals surface area contributed by atoms with Crippen molar-refractivity contribution in [3.8, 4) is 11.5 Å². The number of hydrogen-bond donors (Lipinski definition) is 0. The molecule has 1 atom stereocenters. The number of hydrogen-bond acceptors (Lipinski definition) is 6. The number of nitrogens with zero attached hydrogens (tertiary/aromatic N) is 2. The van der Waals surface area contributed by atoms with Gasteiger partial charge in [-0.3, -0.25) is 0 Å². The SMILES string of the molecule is CCCCOc1ccc(C(=CC2(C=C(c3ccc(OCCCC)cc3)c3ccc(N(C)C)cc3)CC(C3OC(=O)c4c(Br)cccc43)=C(Br)C(Br)=C2Br)c2ccc(N(C)C)cc2)cc1. The molecule has 6 nitrogen and oxygen atoms in total. The summed E-state index contributed by atoms with van der Waals surface area (Å²) in [7, 11) is 8.22. The molecule has 1 heterocycles. The van der Waals surface area contributed by atoms with Crippen LogP contribution in [0.3, 0.4) is 0 Å². The molecule has 5 aromatic rings. The Hall–Kier alpha value is -4.35. The van der Waals surface area contributed by atoms with Crippen LogP contribution in [0.2, 0.25) is 0 Å². The van der Waals surface area contributed by atoms with E-state index in [1.54, 1.807) is 0 Å². The molecule has 0 N–H and O–H groups in total. The van der Waals surface area contributed by atoms with Gasteiger partial charge in [0.25, 0.3) is 0 Å². The summed E-state index contributed by atoms with van der Waals surface area (Å²) in [5, 5.41) is 0. The molecule has 64 heavy (non-hydrogen) atoms. The van der Waals surface area contributed by atoms with Crippen LogP contribution in [0.5, 0.6) is 11.5 Å². The van der Waals surface area contributed by atoms with Crippen LogP contribution in [0.4, 0.5) is 11.4 Å². The van der Waals surface area contributed by atoms with Crippen LogP contribution in [0.1, 0.15) is 90.2 Å². The minimum atomic E-state index is -0.857. The van der Waals surface area contributed by atoms with Crippen molar-refractivity contribution in [1.82, 2.24) is 0 Å². The van der Waals surface area contributed by atoms with E-state index in [-0.39, 0.29) is 5.97 Å². The van der Waals surface area contributed by atoms with E-state index in [2.05, 4.69) is 225 Å². The number of benzene rings is 5. The molecule has 0 radical (unpaired) electrons. The molecule has 10 heteroatoms. The maximum atomic E-state index is 13.6. The predicted octanol–water partition coefficient (Wildman–Crippen LogP) is 15.5. The molecule has 0 aromatic heterocycles. The number of cyclic esters (lactones) is 1. The van der Waals surface area contributed by atoms with E-state index in [1.165, 1.54) is 0 Å². The zero-order valence-corrected chi connectivity index (χ0v) is 43.5. The summed E-state index contributed by atoms with van der Waals surface area (Å²) < 4.78 is 21.9. The number of esters is 1. The van der Waals surface area contributed by atoms with E-state index in [9.17, 15) is 4.79 Å². The lowest BCUT2D eigenvalue weighted by molar-refractivity contribution is 0.0439. The molecular formula is C54H54Br4N2O4. The molecule has 332 valence electrons. The number of fused-ring (bicyclic) bond motifs is 1. The molecule has 1 aliphatic heterocycles. The van der Waals surface area contributed by atoms with Crippen molar-refractivity contribution in [2.24, 2.45) is 5.41 Å². The first-order valence-electron chi connectivity index (χ1n) is 21.8. The highest BCUT2D eigenvalue weighted by Gasteiger charge is 2.44. The van der Waals surface area contributed by atoms with Crippen molar-refractivity contribution in [3.63, 3.8) is 0 Å². The number of ether oxygens (including phenoxy) is 3. The maximum absolute atomic E-state index is 13.6. The fraction of sp³-hybridized carbons (Fsp3) is 0.278. The second-order valence-electron chi connectivity index (χ2n) is 16.6. The summed E-state index contributed by atoms with van der Waals surface area (Å²) in [6, 6.07) is 40.1. The van der Waals surface area contributed by atoms with E-state index in [0.717, 1.165) is 107 Å². The summed E-state index contributed by atoms with van der Waals surface area (Å²) in [5.74, 6) is 1.32. The van der Waals surface area contributed by atoms with Crippen LogP contribution in [-0.2, 0) is 4.74 Å². The van der Waals surface area contributed by atoms with Gasteiger partial charge >= 0.3 is 5.97 Å². The number of halogens is 4. The minimum absolute atomic E-state index is 0.354. The van der Waals surface area contributed by atoms with E-state index < -0.39 is 11.5 Å². The number of anilines is 2. The quantitative estimate of drug-likeness (QED) is 0.0683. The van der Waals surface area contributed by atoms with Crippen molar-refractivity contribution in [2.75, 3.05) is 51.2 Å². The number of carbonyl (C=O) groups excluding carboxylic acids is 1. The highest BCUT2D eigenvalue weighted by Crippen LogP contribution is 2.58. The number of unbranched alkanes of at least 4 members (excludes halogenated alkanes) is 2. The van der Waals surface area contributed by atoms with Crippen LogP contribution < -0.4 is 19.3 Å². The maximum Gasteiger partial charge on any atom is 0.340 e. The van der Waals surface area contributed by atoms with E-state index in [1.807, 2.05) is 18.2 Å². The Morgan fingerprint density at radius 1 is 0.641 bits per heavy atom. The lowest BCUT2D eigenvalue weighted by atomic mass is 9.71. The topological polar surface area (TPSA) is 51.2 Å². The van der Waals surface area contributed by atoms with Gasteiger partial charge in [-0.2, -0.15) is 0 Å². The van der Waals surface area contributed by atoms with E-state index >= 15 is 0 Å². The summed E-state index contributed by atoms with van der Waals surface area (Å²) in [5.41, 5.74) is 9.89. The van der Waals surface area contributed by atoms with Gasteiger partial charge in [0.1, 0.15) is 11.5 Å². The molecule has 2 aliphatic rings. The van der Waals surface area contributed by atoms with Crippen molar-refractivity contribution >= 4 is 92.2 Å². The molecule has 0 fully saturated rings. The Morgan fingerprint density at radius 2 is 1.08 bits per heavy atom. The van der Waals surface area contributed by atoms with E-state index in [4.69, 9.17) is 14.2 Å². The van der Waals surface area contributed by atoms with Crippen molar-refractivity contribution < 1.29 is 19.0 Å². The minimum Gasteiger partial charge on any atom is -0.494 e. The molecule has 0 saturated heterocycles. The zero-order valence-electron chi connectivity index (χ0n) is 37.2. The third-order valence-electron chi connectivity index (χ3n) is 11.7. The molecule has 7 rings (SSSR count). The number of allylic oxidation sites excluding steroid dienone is 5. The Bertz CT molecular complexity index is 2460. The molecule has 0 bridgehead atoms. The number of carbonyl (C=O) groups is 1. The third kappa shape index (κ3) is 10.5. The first-order valence-corrected chi connectivity index (χ1v) is 24.9. The number of rotatable bonds is 17. The molecule has 5 aromatic carbocycles. The molecule has 0 amide bonds. The summed E-state index contributed by atoms with van der Waals surface area (Å²) in [4.78, 5) is 17.9. The van der Waals surface area contributed by atoms with E-state index in [0.29, 0.717) is 29.7 Å². The molecular weight excluding hydrogens is 1060 g/mol. The summed E-state index contributed by atoms with van der Waals surface area (Å²) >= 11 is 15.9. The molecule has 1 unspecified atom stereocenters. The Morgan fingerprint density at radius 3 is 1.50 bits per heavy atom. The second-order valence-corrected chi connectivity index (χ2v) is 19.9. The Labute approximate surface area is 412 Å². The average Bonchev–Trinajstić information content (AvgIpc) is 3.65. The predicted molar refractivity (Wildman–Crippen MR) is 280 cm³/mol. The standard InChI is InChI=1S/C54H54Br4N2O4/c1-7-9-30-62-41-26-18-37(19-27-41)44(35-14-22-39(23-15-35)59(3)4)32-54(34-46(49(56)50(57)52(54)58)51-43-12-11-13-47(55)48(43)53(61)64-51)33-45(36-16-24-40(25-17-36)60(5)6)38-20-28-42(29-21-38)63-31-10-8-2/h11-29,32-33,51H,7-10,30-31,34H2,1-6H3. The first-order chi connectivity index (χ1) is 30.8. The van der Waals surface area contributed by atoms with Gasteiger partial charge in [-0.05, 0) is 161 Å². The van der Waals surface area contributed by atoms with Gasteiger partial charge in [0.15, 0.2) is 6.10 Å². The molecule has 0 saturated carbocycles. The van der Waals surface area contributed by atoms with Crippen molar-refractivity contribution in [2.45, 2.75) is 52.1 Å². The van der Waals surface area contributed by atoms with Crippen LogP contribution in [0, 0.1) is 5.41 Å². The zero-order chi connectivity index (χ0) is 45.5.